The molecule has 0 amide bonds. The largest absolute Gasteiger partial charge is 0.494 e. The smallest absolute Gasteiger partial charge is 0.188 e. The van der Waals surface area contributed by atoms with Crippen molar-refractivity contribution in [2.24, 2.45) is 10.7 Å². The van der Waals surface area contributed by atoms with Gasteiger partial charge in [-0.15, -0.1) is 0 Å². The third kappa shape index (κ3) is 6.46. The Hall–Kier alpha value is -2.27. The van der Waals surface area contributed by atoms with Crippen molar-refractivity contribution in [2.75, 3.05) is 32.9 Å². The first-order valence-electron chi connectivity index (χ1n) is 8.52. The highest BCUT2D eigenvalue weighted by molar-refractivity contribution is 5.83. The molecule has 130 valence electrons. The molecule has 0 spiro atoms. The van der Waals surface area contributed by atoms with Crippen molar-refractivity contribution in [1.82, 2.24) is 5.32 Å². The topological polar surface area (TPSA) is 68.9 Å². The molecule has 0 saturated heterocycles. The first-order valence-corrected chi connectivity index (χ1v) is 8.52. The molecule has 5 nitrogen and oxygen atoms in total. The highest BCUT2D eigenvalue weighted by Crippen LogP contribution is 2.20. The Labute approximate surface area is 143 Å². The number of nitrogens with zero attached hydrogens (tertiary/aromatic N) is 1. The minimum Gasteiger partial charge on any atom is -0.494 e. The van der Waals surface area contributed by atoms with Crippen molar-refractivity contribution >= 4 is 16.7 Å². The molecule has 0 aliphatic heterocycles. The summed E-state index contributed by atoms with van der Waals surface area (Å²) < 4.78 is 11.0. The van der Waals surface area contributed by atoms with E-state index in [2.05, 4.69) is 34.6 Å². The second kappa shape index (κ2) is 10.5. The molecule has 0 aliphatic rings. The van der Waals surface area contributed by atoms with Crippen molar-refractivity contribution in [3.63, 3.8) is 0 Å². The minimum atomic E-state index is 0.484. The van der Waals surface area contributed by atoms with Crippen molar-refractivity contribution < 1.29 is 9.47 Å². The van der Waals surface area contributed by atoms with Gasteiger partial charge in [0.15, 0.2) is 5.96 Å². The van der Waals surface area contributed by atoms with Crippen molar-refractivity contribution in [1.29, 1.82) is 0 Å². The minimum absolute atomic E-state index is 0.484. The Morgan fingerprint density at radius 2 is 1.92 bits per heavy atom. The summed E-state index contributed by atoms with van der Waals surface area (Å²) in [6.07, 6.45) is 1.75. The molecule has 0 unspecified atom stereocenters. The third-order valence-electron chi connectivity index (χ3n) is 3.55. The normalized spacial score (nSPS) is 11.6. The SMILES string of the molecule is CCOCCCNC(N)=NCCCOc1ccc2ccccc2c1. The lowest BCUT2D eigenvalue weighted by Crippen LogP contribution is -2.33. The van der Waals surface area contributed by atoms with Crippen LogP contribution in [0.1, 0.15) is 19.8 Å². The molecule has 0 heterocycles. The summed E-state index contributed by atoms with van der Waals surface area (Å²) in [6, 6.07) is 14.4. The molecule has 0 radical (unpaired) electrons. The average molecular weight is 329 g/mol. The predicted octanol–water partition coefficient (Wildman–Crippen LogP) is 2.94. The summed E-state index contributed by atoms with van der Waals surface area (Å²) in [5, 5.41) is 5.49. The zero-order valence-electron chi connectivity index (χ0n) is 14.3. The van der Waals surface area contributed by atoms with E-state index in [0.29, 0.717) is 19.1 Å². The van der Waals surface area contributed by atoms with E-state index in [0.717, 1.165) is 38.3 Å². The fraction of sp³-hybridized carbons (Fsp3) is 0.421. The van der Waals surface area contributed by atoms with E-state index >= 15 is 0 Å². The van der Waals surface area contributed by atoms with E-state index in [1.165, 1.54) is 10.8 Å². The zero-order chi connectivity index (χ0) is 17.0. The standard InChI is InChI=1S/C19H27N3O2/c1-2-23-13-5-11-21-19(20)22-12-6-14-24-18-10-9-16-7-3-4-8-17(16)15-18/h3-4,7-10,15H,2,5-6,11-14H2,1H3,(H3,20,21,22). The van der Waals surface area contributed by atoms with Gasteiger partial charge in [0.1, 0.15) is 5.75 Å². The van der Waals surface area contributed by atoms with Crippen molar-refractivity contribution in [3.05, 3.63) is 42.5 Å². The van der Waals surface area contributed by atoms with E-state index in [4.69, 9.17) is 15.2 Å². The number of aliphatic imine (C=N–C) groups is 1. The van der Waals surface area contributed by atoms with Crippen LogP contribution in [0.2, 0.25) is 0 Å². The molecule has 0 bridgehead atoms. The molecule has 2 aromatic rings. The summed E-state index contributed by atoms with van der Waals surface area (Å²) in [4.78, 5) is 4.29. The number of ether oxygens (including phenoxy) is 2. The number of hydrogen-bond donors (Lipinski definition) is 2. The zero-order valence-corrected chi connectivity index (χ0v) is 14.3. The molecular formula is C19H27N3O2. The van der Waals surface area contributed by atoms with Crippen molar-refractivity contribution in [3.8, 4) is 5.75 Å². The van der Waals surface area contributed by atoms with E-state index in [1.807, 2.05) is 25.1 Å². The highest BCUT2D eigenvalue weighted by atomic mass is 16.5. The number of nitrogens with one attached hydrogen (secondary N) is 1. The molecule has 0 aliphatic carbocycles. The van der Waals surface area contributed by atoms with E-state index in [9.17, 15) is 0 Å². The molecule has 0 atom stereocenters. The van der Waals surface area contributed by atoms with Gasteiger partial charge < -0.3 is 20.5 Å². The molecular weight excluding hydrogens is 302 g/mol. The lowest BCUT2D eigenvalue weighted by atomic mass is 10.1. The summed E-state index contributed by atoms with van der Waals surface area (Å²) in [5.74, 6) is 1.37. The van der Waals surface area contributed by atoms with Crippen LogP contribution in [0.25, 0.3) is 10.8 Å². The van der Waals surface area contributed by atoms with Gasteiger partial charge in [0.05, 0.1) is 6.61 Å². The van der Waals surface area contributed by atoms with Crippen LogP contribution in [0.4, 0.5) is 0 Å². The van der Waals surface area contributed by atoms with Crippen LogP contribution < -0.4 is 15.8 Å². The molecule has 0 fully saturated rings. The second-order valence-electron chi connectivity index (χ2n) is 5.46. The third-order valence-corrected chi connectivity index (χ3v) is 3.55. The van der Waals surface area contributed by atoms with E-state index < -0.39 is 0 Å². The number of guanidine groups is 1. The molecule has 5 heteroatoms. The summed E-state index contributed by atoms with van der Waals surface area (Å²) >= 11 is 0. The van der Waals surface area contributed by atoms with Crippen LogP contribution in [-0.4, -0.2) is 38.9 Å². The van der Waals surface area contributed by atoms with Gasteiger partial charge >= 0.3 is 0 Å². The van der Waals surface area contributed by atoms with Crippen LogP contribution in [-0.2, 0) is 4.74 Å². The molecule has 24 heavy (non-hydrogen) atoms. The fourth-order valence-corrected chi connectivity index (χ4v) is 2.30. The van der Waals surface area contributed by atoms with Crippen LogP contribution >= 0.6 is 0 Å². The Bertz CT molecular complexity index is 643. The average Bonchev–Trinajstić information content (AvgIpc) is 2.61. The monoisotopic (exact) mass is 329 g/mol. The summed E-state index contributed by atoms with van der Waals surface area (Å²) in [6.45, 7) is 5.54. The predicted molar refractivity (Wildman–Crippen MR) is 99.7 cm³/mol. The van der Waals surface area contributed by atoms with Gasteiger partial charge in [0, 0.05) is 32.7 Å². The quantitative estimate of drug-likeness (QED) is 0.399. The maximum atomic E-state index is 5.80. The molecule has 0 saturated carbocycles. The lowest BCUT2D eigenvalue weighted by molar-refractivity contribution is 0.145. The van der Waals surface area contributed by atoms with Crippen LogP contribution in [0.5, 0.6) is 5.75 Å². The van der Waals surface area contributed by atoms with Gasteiger partial charge in [-0.1, -0.05) is 30.3 Å². The van der Waals surface area contributed by atoms with Gasteiger partial charge in [-0.25, -0.2) is 0 Å². The fourth-order valence-electron chi connectivity index (χ4n) is 2.30. The Balaban J connectivity index is 1.62. The van der Waals surface area contributed by atoms with E-state index in [1.54, 1.807) is 0 Å². The summed E-state index contributed by atoms with van der Waals surface area (Å²) in [7, 11) is 0. The maximum Gasteiger partial charge on any atom is 0.188 e. The maximum absolute atomic E-state index is 5.80. The van der Waals surface area contributed by atoms with Gasteiger partial charge in [0.2, 0.25) is 0 Å². The molecule has 0 aromatic heterocycles. The Morgan fingerprint density at radius 1 is 1.08 bits per heavy atom. The van der Waals surface area contributed by atoms with Gasteiger partial charge in [-0.2, -0.15) is 0 Å². The first kappa shape index (κ1) is 18.1. The second-order valence-corrected chi connectivity index (χ2v) is 5.46. The van der Waals surface area contributed by atoms with Gasteiger partial charge in [0.25, 0.3) is 0 Å². The number of nitrogens with two attached hydrogens (primary N) is 1. The Morgan fingerprint density at radius 3 is 2.75 bits per heavy atom. The lowest BCUT2D eigenvalue weighted by Gasteiger charge is -2.07. The number of hydrogen-bond acceptors (Lipinski definition) is 3. The first-order chi connectivity index (χ1) is 11.8. The van der Waals surface area contributed by atoms with Crippen LogP contribution in [0, 0.1) is 0 Å². The number of rotatable bonds is 10. The molecule has 2 aromatic carbocycles. The van der Waals surface area contributed by atoms with Crippen LogP contribution in [0.15, 0.2) is 47.5 Å². The number of benzene rings is 2. The highest BCUT2D eigenvalue weighted by Gasteiger charge is 1.97. The molecule has 2 rings (SSSR count). The summed E-state index contributed by atoms with van der Waals surface area (Å²) in [5.41, 5.74) is 5.80. The van der Waals surface area contributed by atoms with Crippen LogP contribution in [0.3, 0.4) is 0 Å². The van der Waals surface area contributed by atoms with E-state index in [-0.39, 0.29) is 0 Å². The Kier molecular flexibility index (Phi) is 7.90. The van der Waals surface area contributed by atoms with Gasteiger partial charge in [-0.3, -0.25) is 4.99 Å². The molecule has 3 N–H and O–H groups in total. The number of fused-ring (bicyclic) bond motifs is 1. The van der Waals surface area contributed by atoms with Crippen molar-refractivity contribution in [2.45, 2.75) is 19.8 Å². The van der Waals surface area contributed by atoms with Gasteiger partial charge in [-0.05, 0) is 36.2 Å².